The van der Waals surface area contributed by atoms with Crippen molar-refractivity contribution in [2.75, 3.05) is 6.61 Å². The van der Waals surface area contributed by atoms with Gasteiger partial charge in [0.2, 0.25) is 5.91 Å². The average molecular weight is 816 g/mol. The zero-order valence-electron chi connectivity index (χ0n) is 38.5. The Hall–Kier alpha value is -2.95. The average Bonchev–Trinajstić information content (AvgIpc) is 3.24. The van der Waals surface area contributed by atoms with Crippen LogP contribution in [0.15, 0.2) is 109 Å². The van der Waals surface area contributed by atoms with Gasteiger partial charge in [-0.2, -0.15) is 0 Å². The smallest absolute Gasteiger partial charge is 0.220 e. The fourth-order valence-corrected chi connectivity index (χ4v) is 6.78. The van der Waals surface area contributed by atoms with Gasteiger partial charge in [0.05, 0.1) is 18.8 Å². The number of hydrogen-bond donors (Lipinski definition) is 3. The van der Waals surface area contributed by atoms with E-state index in [0.717, 1.165) is 77.0 Å². The molecule has 0 aromatic rings. The Morgan fingerprint density at radius 3 is 1.12 bits per heavy atom. The molecule has 0 spiro atoms. The molecule has 4 heteroatoms. The Kier molecular flexibility index (Phi) is 46.9. The summed E-state index contributed by atoms with van der Waals surface area (Å²) in [6.45, 7) is 4.17. The van der Waals surface area contributed by atoms with E-state index in [9.17, 15) is 15.0 Å². The third kappa shape index (κ3) is 46.0. The standard InChI is InChI=1S/C55H93NO3/c1-3-5-7-9-11-13-15-17-18-19-20-21-22-23-24-25-26-27-28-29-30-31-32-33-34-35-36-37-38-39-41-43-45-47-49-51-55(59)56-53(52-57)54(58)50-48-46-44-42-40-16-14-12-10-8-6-4-2/h5,7,11,13,17-18,20-21,23-24,26-27,29-30,32-33,48,50,53-54,57-58H,3-4,6,8-10,12,14-16,19,22,25,28,31,34-47,49,51-52H2,1-2H3,(H,56,59)/b7-5-,13-11-,18-17-,21-20-,24-23-,27-26-,30-29-,33-32-,50-48+. The van der Waals surface area contributed by atoms with Crippen LogP contribution in [0.25, 0.3) is 0 Å². The minimum atomic E-state index is -0.846. The van der Waals surface area contributed by atoms with Crippen molar-refractivity contribution in [1.29, 1.82) is 0 Å². The second-order valence-corrected chi connectivity index (χ2v) is 16.1. The number of amides is 1. The maximum Gasteiger partial charge on any atom is 0.220 e. The molecule has 0 aromatic carbocycles. The van der Waals surface area contributed by atoms with Gasteiger partial charge in [0.25, 0.3) is 0 Å². The fourth-order valence-electron chi connectivity index (χ4n) is 6.78. The van der Waals surface area contributed by atoms with E-state index in [0.29, 0.717) is 6.42 Å². The highest BCUT2D eigenvalue weighted by atomic mass is 16.3. The molecule has 1 amide bonds. The van der Waals surface area contributed by atoms with Gasteiger partial charge in [0.15, 0.2) is 0 Å². The van der Waals surface area contributed by atoms with Crippen LogP contribution in [0.2, 0.25) is 0 Å². The number of unbranched alkanes of at least 4 members (excludes halogenated alkanes) is 20. The molecular formula is C55H93NO3. The van der Waals surface area contributed by atoms with Crippen LogP contribution in [0.5, 0.6) is 0 Å². The third-order valence-corrected chi connectivity index (χ3v) is 10.5. The van der Waals surface area contributed by atoms with E-state index in [1.807, 2.05) is 6.08 Å². The van der Waals surface area contributed by atoms with Crippen LogP contribution < -0.4 is 5.32 Å². The lowest BCUT2D eigenvalue weighted by molar-refractivity contribution is -0.123. The number of carbonyl (C=O) groups is 1. The molecule has 0 aliphatic heterocycles. The van der Waals surface area contributed by atoms with E-state index >= 15 is 0 Å². The molecule has 3 N–H and O–H groups in total. The van der Waals surface area contributed by atoms with Crippen molar-refractivity contribution in [2.24, 2.45) is 0 Å². The number of carbonyl (C=O) groups excluding carboxylic acids is 1. The van der Waals surface area contributed by atoms with Gasteiger partial charge in [-0.15, -0.1) is 0 Å². The van der Waals surface area contributed by atoms with Crippen LogP contribution >= 0.6 is 0 Å². The van der Waals surface area contributed by atoms with Gasteiger partial charge in [0, 0.05) is 6.42 Å². The predicted molar refractivity (Wildman–Crippen MR) is 262 cm³/mol. The summed E-state index contributed by atoms with van der Waals surface area (Å²) in [5.74, 6) is -0.0747. The van der Waals surface area contributed by atoms with Crippen molar-refractivity contribution in [3.05, 3.63) is 109 Å². The number of allylic oxidation sites excluding steroid dienone is 17. The highest BCUT2D eigenvalue weighted by Crippen LogP contribution is 2.14. The van der Waals surface area contributed by atoms with Gasteiger partial charge in [-0.1, -0.05) is 232 Å². The molecule has 0 radical (unpaired) electrons. The Morgan fingerprint density at radius 2 is 0.746 bits per heavy atom. The largest absolute Gasteiger partial charge is 0.394 e. The minimum Gasteiger partial charge on any atom is -0.394 e. The van der Waals surface area contributed by atoms with Crippen LogP contribution in [-0.2, 0) is 4.79 Å². The van der Waals surface area contributed by atoms with E-state index in [-0.39, 0.29) is 12.5 Å². The number of nitrogens with one attached hydrogen (secondary N) is 1. The lowest BCUT2D eigenvalue weighted by Gasteiger charge is -2.20. The molecule has 4 nitrogen and oxygen atoms in total. The summed E-state index contributed by atoms with van der Waals surface area (Å²) in [4.78, 5) is 12.4. The summed E-state index contributed by atoms with van der Waals surface area (Å²) in [7, 11) is 0. The molecule has 0 aliphatic carbocycles. The van der Waals surface area contributed by atoms with Gasteiger partial charge < -0.3 is 15.5 Å². The number of hydrogen-bond acceptors (Lipinski definition) is 3. The molecule has 0 fully saturated rings. The van der Waals surface area contributed by atoms with Crippen LogP contribution in [0.1, 0.15) is 213 Å². The summed E-state index contributed by atoms with van der Waals surface area (Å²) in [5.41, 5.74) is 0. The molecule has 59 heavy (non-hydrogen) atoms. The van der Waals surface area contributed by atoms with Crippen LogP contribution in [0, 0.1) is 0 Å². The van der Waals surface area contributed by atoms with Crippen molar-refractivity contribution < 1.29 is 15.0 Å². The molecule has 0 saturated heterocycles. The van der Waals surface area contributed by atoms with Crippen LogP contribution in [0.3, 0.4) is 0 Å². The van der Waals surface area contributed by atoms with E-state index in [4.69, 9.17) is 0 Å². The molecule has 2 atom stereocenters. The zero-order valence-corrected chi connectivity index (χ0v) is 38.5. The second kappa shape index (κ2) is 49.4. The molecule has 336 valence electrons. The van der Waals surface area contributed by atoms with Crippen molar-refractivity contribution in [3.8, 4) is 0 Å². The van der Waals surface area contributed by atoms with Crippen molar-refractivity contribution >= 4 is 5.91 Å². The fraction of sp³-hybridized carbons (Fsp3) is 0.655. The SMILES string of the molecule is CC/C=C\C/C=C\C/C=C\C/C=C\C/C=C\C/C=C\C/C=C\C/C=C\CCCCCCCCCCCCC(=O)NC(CO)C(O)/C=C/CCCCCCCCCCCC. The Balaban J connectivity index is 3.60. The maximum atomic E-state index is 12.4. The van der Waals surface area contributed by atoms with Crippen molar-refractivity contribution in [1.82, 2.24) is 5.32 Å². The molecule has 0 rings (SSSR count). The Labute approximate surface area is 366 Å². The molecule has 0 aliphatic rings. The molecule has 0 saturated carbocycles. The Bertz CT molecular complexity index is 1150. The van der Waals surface area contributed by atoms with E-state index < -0.39 is 12.1 Å². The highest BCUT2D eigenvalue weighted by Gasteiger charge is 2.17. The summed E-state index contributed by atoms with van der Waals surface area (Å²) < 4.78 is 0. The number of rotatable bonds is 43. The summed E-state index contributed by atoms with van der Waals surface area (Å²) in [6, 6.07) is -0.630. The molecule has 0 aromatic heterocycles. The van der Waals surface area contributed by atoms with Crippen molar-refractivity contribution in [2.45, 2.75) is 225 Å². The van der Waals surface area contributed by atoms with E-state index in [2.05, 4.69) is 116 Å². The van der Waals surface area contributed by atoms with Gasteiger partial charge in [-0.05, 0) is 83.5 Å². The van der Waals surface area contributed by atoms with E-state index in [1.54, 1.807) is 6.08 Å². The van der Waals surface area contributed by atoms with Crippen LogP contribution in [-0.4, -0.2) is 34.9 Å². The first-order chi connectivity index (χ1) is 29.2. The quantitative estimate of drug-likeness (QED) is 0.0424. The molecule has 0 bridgehead atoms. The Morgan fingerprint density at radius 1 is 0.424 bits per heavy atom. The van der Waals surface area contributed by atoms with Gasteiger partial charge in [0.1, 0.15) is 0 Å². The van der Waals surface area contributed by atoms with Gasteiger partial charge in [-0.3, -0.25) is 4.79 Å². The number of aliphatic hydroxyl groups is 2. The highest BCUT2D eigenvalue weighted by molar-refractivity contribution is 5.76. The predicted octanol–water partition coefficient (Wildman–Crippen LogP) is 16.0. The lowest BCUT2D eigenvalue weighted by atomic mass is 10.0. The van der Waals surface area contributed by atoms with Crippen LogP contribution in [0.4, 0.5) is 0 Å². The van der Waals surface area contributed by atoms with Crippen molar-refractivity contribution in [3.63, 3.8) is 0 Å². The molecular weight excluding hydrogens is 723 g/mol. The molecule has 0 heterocycles. The second-order valence-electron chi connectivity index (χ2n) is 16.1. The summed E-state index contributed by atoms with van der Waals surface area (Å²) >= 11 is 0. The van der Waals surface area contributed by atoms with Gasteiger partial charge in [-0.25, -0.2) is 0 Å². The lowest BCUT2D eigenvalue weighted by Crippen LogP contribution is -2.45. The van der Waals surface area contributed by atoms with E-state index in [1.165, 1.54) is 116 Å². The third-order valence-electron chi connectivity index (χ3n) is 10.5. The first kappa shape index (κ1) is 56.0. The number of aliphatic hydroxyl groups excluding tert-OH is 2. The van der Waals surface area contributed by atoms with Gasteiger partial charge >= 0.3 is 0 Å². The minimum absolute atomic E-state index is 0.0747. The topological polar surface area (TPSA) is 69.6 Å². The first-order valence-electron chi connectivity index (χ1n) is 24.6. The zero-order chi connectivity index (χ0) is 42.8. The normalized spacial score (nSPS) is 13.9. The summed E-state index contributed by atoms with van der Waals surface area (Å²) in [6.07, 6.45) is 75.0. The monoisotopic (exact) mass is 816 g/mol. The summed E-state index contributed by atoms with van der Waals surface area (Å²) in [5, 5.41) is 23.0. The molecule has 2 unspecified atom stereocenters. The first-order valence-corrected chi connectivity index (χ1v) is 24.6. The maximum absolute atomic E-state index is 12.4.